The molecule has 0 unspecified atom stereocenters. The van der Waals surface area contributed by atoms with Gasteiger partial charge in [-0.25, -0.2) is 0 Å². The minimum Gasteiger partial charge on any atom is -0.495 e. The average molecular weight is 287 g/mol. The van der Waals surface area contributed by atoms with E-state index in [2.05, 4.69) is 11.4 Å². The number of nitrogens with one attached hydrogen (secondary N) is 1. The molecule has 0 aliphatic rings. The summed E-state index contributed by atoms with van der Waals surface area (Å²) in [6, 6.07) is 15.4. The van der Waals surface area contributed by atoms with Crippen LogP contribution in [0.25, 0.3) is 0 Å². The van der Waals surface area contributed by atoms with Gasteiger partial charge in [-0.05, 0) is 35.4 Å². The number of nitriles is 1. The molecular formula is C16H15ClN2O. The van der Waals surface area contributed by atoms with Gasteiger partial charge in [-0.2, -0.15) is 5.26 Å². The van der Waals surface area contributed by atoms with Crippen LogP contribution in [0.3, 0.4) is 0 Å². The van der Waals surface area contributed by atoms with Crippen LogP contribution in [0, 0.1) is 11.3 Å². The van der Waals surface area contributed by atoms with E-state index in [1.807, 2.05) is 36.4 Å². The molecule has 1 N–H and O–H groups in total. The van der Waals surface area contributed by atoms with Crippen molar-refractivity contribution in [2.45, 2.75) is 13.1 Å². The monoisotopic (exact) mass is 286 g/mol. The fraction of sp³-hybridized carbons (Fsp3) is 0.188. The van der Waals surface area contributed by atoms with Crippen LogP contribution < -0.4 is 10.1 Å². The summed E-state index contributed by atoms with van der Waals surface area (Å²) in [5, 5.41) is 12.8. The first-order valence-electron chi connectivity index (χ1n) is 6.25. The van der Waals surface area contributed by atoms with Gasteiger partial charge in [0.15, 0.2) is 0 Å². The quantitative estimate of drug-likeness (QED) is 0.915. The Morgan fingerprint density at radius 1 is 1.15 bits per heavy atom. The van der Waals surface area contributed by atoms with Crippen LogP contribution in [0.15, 0.2) is 42.5 Å². The Hall–Kier alpha value is -2.02. The smallest absolute Gasteiger partial charge is 0.137 e. The molecule has 0 fully saturated rings. The van der Waals surface area contributed by atoms with Gasteiger partial charge in [0.05, 0.1) is 23.8 Å². The molecular weight excluding hydrogens is 272 g/mol. The summed E-state index contributed by atoms with van der Waals surface area (Å²) in [4.78, 5) is 0. The van der Waals surface area contributed by atoms with Gasteiger partial charge in [0.25, 0.3) is 0 Å². The zero-order valence-corrected chi connectivity index (χ0v) is 11.9. The minimum atomic E-state index is 0.610. The van der Waals surface area contributed by atoms with Crippen molar-refractivity contribution >= 4 is 11.6 Å². The van der Waals surface area contributed by atoms with Crippen molar-refractivity contribution < 1.29 is 4.74 Å². The zero-order valence-electron chi connectivity index (χ0n) is 11.2. The molecule has 0 radical (unpaired) electrons. The Labute approximate surface area is 123 Å². The summed E-state index contributed by atoms with van der Waals surface area (Å²) < 4.78 is 5.12. The van der Waals surface area contributed by atoms with E-state index < -0.39 is 0 Å². The molecule has 102 valence electrons. The first kappa shape index (κ1) is 14.4. The molecule has 0 heterocycles. The molecule has 0 spiro atoms. The van der Waals surface area contributed by atoms with Crippen LogP contribution in [-0.4, -0.2) is 7.11 Å². The SMILES string of the molecule is COc1ccc(CNCc2cccc(C#N)c2)cc1Cl. The first-order chi connectivity index (χ1) is 9.72. The third-order valence-corrected chi connectivity index (χ3v) is 3.23. The van der Waals surface area contributed by atoms with Gasteiger partial charge >= 0.3 is 0 Å². The van der Waals surface area contributed by atoms with Crippen molar-refractivity contribution in [1.82, 2.24) is 5.32 Å². The lowest BCUT2D eigenvalue weighted by molar-refractivity contribution is 0.415. The highest BCUT2D eigenvalue weighted by Crippen LogP contribution is 2.24. The summed E-state index contributed by atoms with van der Waals surface area (Å²) in [5.74, 6) is 0.678. The van der Waals surface area contributed by atoms with Crippen LogP contribution in [0.5, 0.6) is 5.75 Å². The standard InChI is InChI=1S/C16H15ClN2O/c1-20-16-6-5-14(8-15(16)17)11-19-10-13-4-2-3-12(7-13)9-18/h2-8,19H,10-11H2,1H3. The Bertz CT molecular complexity index is 635. The van der Waals surface area contributed by atoms with Gasteiger partial charge in [-0.3, -0.25) is 0 Å². The Kier molecular flexibility index (Phi) is 5.00. The van der Waals surface area contributed by atoms with E-state index in [0.29, 0.717) is 29.4 Å². The lowest BCUT2D eigenvalue weighted by Crippen LogP contribution is -2.12. The lowest BCUT2D eigenvalue weighted by atomic mass is 10.1. The number of hydrogen-bond acceptors (Lipinski definition) is 3. The van der Waals surface area contributed by atoms with Crippen molar-refractivity contribution in [1.29, 1.82) is 5.26 Å². The van der Waals surface area contributed by atoms with Crippen molar-refractivity contribution in [3.63, 3.8) is 0 Å². The maximum absolute atomic E-state index is 8.85. The summed E-state index contributed by atoms with van der Waals surface area (Å²) in [7, 11) is 1.60. The highest BCUT2D eigenvalue weighted by atomic mass is 35.5. The Morgan fingerprint density at radius 2 is 1.90 bits per heavy atom. The van der Waals surface area contributed by atoms with Gasteiger partial charge in [0, 0.05) is 13.1 Å². The van der Waals surface area contributed by atoms with Gasteiger partial charge in [0.2, 0.25) is 0 Å². The predicted octanol–water partition coefficient (Wildman–Crippen LogP) is 3.51. The van der Waals surface area contributed by atoms with Crippen molar-refractivity contribution in [3.8, 4) is 11.8 Å². The van der Waals surface area contributed by atoms with E-state index in [0.717, 1.165) is 11.1 Å². The fourth-order valence-corrected chi connectivity index (χ4v) is 2.20. The second-order valence-electron chi connectivity index (χ2n) is 4.38. The average Bonchev–Trinajstić information content (AvgIpc) is 2.48. The maximum atomic E-state index is 8.85. The molecule has 0 amide bonds. The van der Waals surface area contributed by atoms with E-state index in [9.17, 15) is 0 Å². The van der Waals surface area contributed by atoms with Crippen LogP contribution in [0.4, 0.5) is 0 Å². The molecule has 20 heavy (non-hydrogen) atoms. The lowest BCUT2D eigenvalue weighted by Gasteiger charge is -2.08. The van der Waals surface area contributed by atoms with E-state index >= 15 is 0 Å². The third-order valence-electron chi connectivity index (χ3n) is 2.93. The Balaban J connectivity index is 1.92. The summed E-state index contributed by atoms with van der Waals surface area (Å²) >= 11 is 6.08. The predicted molar refractivity (Wildman–Crippen MR) is 79.7 cm³/mol. The van der Waals surface area contributed by atoms with Crippen molar-refractivity contribution in [2.75, 3.05) is 7.11 Å². The van der Waals surface area contributed by atoms with Crippen LogP contribution in [0.2, 0.25) is 5.02 Å². The van der Waals surface area contributed by atoms with Gasteiger partial charge in [-0.15, -0.1) is 0 Å². The van der Waals surface area contributed by atoms with Gasteiger partial charge < -0.3 is 10.1 Å². The minimum absolute atomic E-state index is 0.610. The van der Waals surface area contributed by atoms with Gasteiger partial charge in [0.1, 0.15) is 5.75 Å². The van der Waals surface area contributed by atoms with Crippen LogP contribution in [-0.2, 0) is 13.1 Å². The third kappa shape index (κ3) is 3.74. The molecule has 0 aromatic heterocycles. The number of methoxy groups -OCH3 is 1. The van der Waals surface area contributed by atoms with E-state index in [1.54, 1.807) is 13.2 Å². The second-order valence-corrected chi connectivity index (χ2v) is 4.79. The molecule has 3 nitrogen and oxygen atoms in total. The number of halogens is 1. The second kappa shape index (κ2) is 6.95. The van der Waals surface area contributed by atoms with E-state index in [4.69, 9.17) is 21.6 Å². The first-order valence-corrected chi connectivity index (χ1v) is 6.63. The summed E-state index contributed by atoms with van der Waals surface area (Å²) in [6.45, 7) is 1.42. The molecule has 0 atom stereocenters. The number of rotatable bonds is 5. The maximum Gasteiger partial charge on any atom is 0.137 e. The number of benzene rings is 2. The van der Waals surface area contributed by atoms with E-state index in [1.165, 1.54) is 0 Å². The van der Waals surface area contributed by atoms with Gasteiger partial charge in [-0.1, -0.05) is 29.8 Å². The molecule has 2 aromatic rings. The molecule has 0 bridgehead atoms. The largest absolute Gasteiger partial charge is 0.495 e. The summed E-state index contributed by atoms with van der Waals surface area (Å²) in [5.41, 5.74) is 2.85. The van der Waals surface area contributed by atoms with Crippen LogP contribution >= 0.6 is 11.6 Å². The van der Waals surface area contributed by atoms with Crippen LogP contribution in [0.1, 0.15) is 16.7 Å². The molecule has 0 saturated carbocycles. The topological polar surface area (TPSA) is 45.0 Å². The molecule has 2 rings (SSSR count). The fourth-order valence-electron chi connectivity index (χ4n) is 1.92. The van der Waals surface area contributed by atoms with E-state index in [-0.39, 0.29) is 0 Å². The number of nitrogens with zero attached hydrogens (tertiary/aromatic N) is 1. The molecule has 0 aliphatic carbocycles. The Morgan fingerprint density at radius 3 is 2.55 bits per heavy atom. The highest BCUT2D eigenvalue weighted by Gasteiger charge is 2.02. The number of ether oxygens (including phenoxy) is 1. The van der Waals surface area contributed by atoms with Crippen molar-refractivity contribution in [3.05, 3.63) is 64.2 Å². The molecule has 0 aliphatic heterocycles. The number of hydrogen-bond donors (Lipinski definition) is 1. The zero-order chi connectivity index (χ0) is 14.4. The van der Waals surface area contributed by atoms with Crippen molar-refractivity contribution in [2.24, 2.45) is 0 Å². The molecule has 4 heteroatoms. The summed E-state index contributed by atoms with van der Waals surface area (Å²) in [6.07, 6.45) is 0. The highest BCUT2D eigenvalue weighted by molar-refractivity contribution is 6.32. The normalized spacial score (nSPS) is 10.1. The molecule has 0 saturated heterocycles. The molecule has 2 aromatic carbocycles.